The van der Waals surface area contributed by atoms with E-state index in [0.717, 1.165) is 5.52 Å². The molecule has 0 aliphatic rings. The molecular weight excluding hydrogens is 331 g/mol. The van der Waals surface area contributed by atoms with Crippen LogP contribution in [0.25, 0.3) is 11.0 Å². The average molecular weight is 352 g/mol. The Morgan fingerprint density at radius 2 is 1.73 bits per heavy atom. The second-order valence-corrected chi connectivity index (χ2v) is 5.97. The van der Waals surface area contributed by atoms with Gasteiger partial charge in [0.05, 0.1) is 11.0 Å². The van der Waals surface area contributed by atoms with E-state index in [1.54, 1.807) is 19.1 Å². The zero-order valence-corrected chi connectivity index (χ0v) is 15.1. The first-order valence-electron chi connectivity index (χ1n) is 8.62. The number of aromatic nitrogens is 2. The Kier molecular flexibility index (Phi) is 5.11. The molecule has 26 heavy (non-hydrogen) atoms. The molecule has 0 aliphatic heterocycles. The number of para-hydroxylation sites is 2. The number of amides is 1. The maximum absolute atomic E-state index is 13.8. The standard InChI is InChI=1S/C20H21FN4O/c1-4-25(5-2)19-18(23-16-8-6-7-9-17(16)24-19)20(26)22-14-11-10-13(3)15(21)12-14/h6-12H,4-5H2,1-3H3,(H,22,26). The monoisotopic (exact) mass is 352 g/mol. The van der Waals surface area contributed by atoms with Gasteiger partial charge >= 0.3 is 0 Å². The Balaban J connectivity index is 2.04. The topological polar surface area (TPSA) is 58.1 Å². The van der Waals surface area contributed by atoms with Crippen molar-refractivity contribution in [3.05, 3.63) is 59.5 Å². The Morgan fingerprint density at radius 3 is 2.35 bits per heavy atom. The molecule has 6 heteroatoms. The van der Waals surface area contributed by atoms with Crippen molar-refractivity contribution in [3.8, 4) is 0 Å². The highest BCUT2D eigenvalue weighted by molar-refractivity contribution is 6.07. The number of nitrogens with zero attached hydrogens (tertiary/aromatic N) is 3. The fourth-order valence-corrected chi connectivity index (χ4v) is 2.75. The fraction of sp³-hybridized carbons (Fsp3) is 0.250. The van der Waals surface area contributed by atoms with E-state index in [1.807, 2.05) is 43.0 Å². The van der Waals surface area contributed by atoms with Crippen LogP contribution in [0.3, 0.4) is 0 Å². The third-order valence-electron chi connectivity index (χ3n) is 4.26. The summed E-state index contributed by atoms with van der Waals surface area (Å²) in [4.78, 5) is 24.0. The first-order valence-corrected chi connectivity index (χ1v) is 8.62. The van der Waals surface area contributed by atoms with Crippen LogP contribution in [0.5, 0.6) is 0 Å². The zero-order valence-electron chi connectivity index (χ0n) is 15.1. The minimum absolute atomic E-state index is 0.230. The average Bonchev–Trinajstić information content (AvgIpc) is 2.65. The molecule has 1 heterocycles. The summed E-state index contributed by atoms with van der Waals surface area (Å²) in [5.74, 6) is -0.247. The van der Waals surface area contributed by atoms with Gasteiger partial charge in [-0.2, -0.15) is 0 Å². The first kappa shape index (κ1) is 17.8. The van der Waals surface area contributed by atoms with Crippen molar-refractivity contribution in [1.82, 2.24) is 9.97 Å². The van der Waals surface area contributed by atoms with Gasteiger partial charge in [-0.1, -0.05) is 18.2 Å². The van der Waals surface area contributed by atoms with Crippen molar-refractivity contribution in [3.63, 3.8) is 0 Å². The Morgan fingerprint density at radius 1 is 1.08 bits per heavy atom. The second kappa shape index (κ2) is 7.47. The molecule has 0 bridgehead atoms. The molecule has 2 aromatic carbocycles. The van der Waals surface area contributed by atoms with E-state index in [4.69, 9.17) is 0 Å². The molecule has 0 saturated heterocycles. The molecule has 3 aromatic rings. The van der Waals surface area contributed by atoms with Crippen LogP contribution in [0.15, 0.2) is 42.5 Å². The van der Waals surface area contributed by atoms with Crippen molar-refractivity contribution >= 4 is 28.4 Å². The van der Waals surface area contributed by atoms with Gasteiger partial charge in [0.15, 0.2) is 11.5 Å². The highest BCUT2D eigenvalue weighted by Gasteiger charge is 2.20. The van der Waals surface area contributed by atoms with Gasteiger partial charge in [-0.3, -0.25) is 4.79 Å². The smallest absolute Gasteiger partial charge is 0.278 e. The predicted octanol–water partition coefficient (Wildman–Crippen LogP) is 4.18. The van der Waals surface area contributed by atoms with Crippen LogP contribution in [0.4, 0.5) is 15.9 Å². The predicted molar refractivity (Wildman–Crippen MR) is 102 cm³/mol. The Hall–Kier alpha value is -3.02. The quantitative estimate of drug-likeness (QED) is 0.748. The van der Waals surface area contributed by atoms with Crippen molar-refractivity contribution < 1.29 is 9.18 Å². The fourth-order valence-electron chi connectivity index (χ4n) is 2.75. The lowest BCUT2D eigenvalue weighted by molar-refractivity contribution is 0.102. The van der Waals surface area contributed by atoms with E-state index >= 15 is 0 Å². The maximum Gasteiger partial charge on any atom is 0.278 e. The third-order valence-corrected chi connectivity index (χ3v) is 4.26. The number of rotatable bonds is 5. The summed E-state index contributed by atoms with van der Waals surface area (Å²) in [6.45, 7) is 7.06. The van der Waals surface area contributed by atoms with E-state index in [0.29, 0.717) is 35.7 Å². The van der Waals surface area contributed by atoms with Crippen LogP contribution in [0, 0.1) is 12.7 Å². The van der Waals surface area contributed by atoms with Gasteiger partial charge in [0.1, 0.15) is 5.82 Å². The minimum atomic E-state index is -0.409. The van der Waals surface area contributed by atoms with Gasteiger partial charge < -0.3 is 10.2 Å². The van der Waals surface area contributed by atoms with E-state index < -0.39 is 5.91 Å². The lowest BCUT2D eigenvalue weighted by Crippen LogP contribution is -2.27. The van der Waals surface area contributed by atoms with Crippen molar-refractivity contribution in [2.45, 2.75) is 20.8 Å². The van der Waals surface area contributed by atoms with Gasteiger partial charge in [-0.25, -0.2) is 14.4 Å². The van der Waals surface area contributed by atoms with Crippen LogP contribution in [0.2, 0.25) is 0 Å². The zero-order chi connectivity index (χ0) is 18.7. The second-order valence-electron chi connectivity index (χ2n) is 5.97. The summed E-state index contributed by atoms with van der Waals surface area (Å²) in [6, 6.07) is 12.0. The number of hydrogen-bond donors (Lipinski definition) is 1. The maximum atomic E-state index is 13.8. The van der Waals surface area contributed by atoms with Gasteiger partial charge in [-0.15, -0.1) is 0 Å². The van der Waals surface area contributed by atoms with Crippen molar-refractivity contribution in [2.75, 3.05) is 23.3 Å². The number of hydrogen-bond acceptors (Lipinski definition) is 4. The summed E-state index contributed by atoms with van der Waals surface area (Å²) in [5.41, 5.74) is 2.51. The van der Waals surface area contributed by atoms with E-state index in [1.165, 1.54) is 6.07 Å². The number of benzene rings is 2. The highest BCUT2D eigenvalue weighted by atomic mass is 19.1. The van der Waals surface area contributed by atoms with Gasteiger partial charge in [0, 0.05) is 18.8 Å². The Labute approximate surface area is 151 Å². The summed E-state index contributed by atoms with van der Waals surface area (Å²) >= 11 is 0. The van der Waals surface area contributed by atoms with Crippen LogP contribution in [-0.2, 0) is 0 Å². The number of anilines is 2. The van der Waals surface area contributed by atoms with Gasteiger partial charge in [0.2, 0.25) is 0 Å². The minimum Gasteiger partial charge on any atom is -0.355 e. The lowest BCUT2D eigenvalue weighted by Gasteiger charge is -2.22. The summed E-state index contributed by atoms with van der Waals surface area (Å²) in [6.07, 6.45) is 0. The summed E-state index contributed by atoms with van der Waals surface area (Å²) in [7, 11) is 0. The molecule has 134 valence electrons. The number of nitrogens with one attached hydrogen (secondary N) is 1. The SMILES string of the molecule is CCN(CC)c1nc2ccccc2nc1C(=O)Nc1ccc(C)c(F)c1. The van der Waals surface area contributed by atoms with E-state index in [-0.39, 0.29) is 11.5 Å². The van der Waals surface area contributed by atoms with Crippen LogP contribution >= 0.6 is 0 Å². The lowest BCUT2D eigenvalue weighted by atomic mass is 10.2. The van der Waals surface area contributed by atoms with Gasteiger partial charge in [-0.05, 0) is 50.6 Å². The molecule has 0 aliphatic carbocycles. The first-order chi connectivity index (χ1) is 12.5. The molecule has 1 aromatic heterocycles. The molecule has 1 N–H and O–H groups in total. The van der Waals surface area contributed by atoms with Gasteiger partial charge in [0.25, 0.3) is 5.91 Å². The van der Waals surface area contributed by atoms with Crippen LogP contribution < -0.4 is 10.2 Å². The Bertz CT molecular complexity index is 954. The molecule has 0 spiro atoms. The third kappa shape index (κ3) is 3.49. The number of aryl methyl sites for hydroxylation is 1. The molecule has 1 amide bonds. The molecule has 0 atom stereocenters. The molecule has 5 nitrogen and oxygen atoms in total. The van der Waals surface area contributed by atoms with E-state index in [2.05, 4.69) is 15.3 Å². The molecule has 3 rings (SSSR count). The van der Waals surface area contributed by atoms with Crippen LogP contribution in [0.1, 0.15) is 29.9 Å². The normalized spacial score (nSPS) is 10.8. The summed E-state index contributed by atoms with van der Waals surface area (Å²) < 4.78 is 13.8. The number of halogens is 1. The summed E-state index contributed by atoms with van der Waals surface area (Å²) in [5, 5.41) is 2.73. The molecular formula is C20H21FN4O. The van der Waals surface area contributed by atoms with Crippen molar-refractivity contribution in [1.29, 1.82) is 0 Å². The highest BCUT2D eigenvalue weighted by Crippen LogP contribution is 2.22. The number of fused-ring (bicyclic) bond motifs is 1. The van der Waals surface area contributed by atoms with Crippen molar-refractivity contribution in [2.24, 2.45) is 0 Å². The molecule has 0 radical (unpaired) electrons. The molecule has 0 saturated carbocycles. The molecule has 0 unspecified atom stereocenters. The van der Waals surface area contributed by atoms with E-state index in [9.17, 15) is 9.18 Å². The number of carbonyl (C=O) groups is 1. The van der Waals surface area contributed by atoms with Crippen LogP contribution in [-0.4, -0.2) is 29.0 Å². The number of carbonyl (C=O) groups excluding carboxylic acids is 1. The largest absolute Gasteiger partial charge is 0.355 e. The molecule has 0 fully saturated rings.